The first kappa shape index (κ1) is 16.7. The summed E-state index contributed by atoms with van der Waals surface area (Å²) < 4.78 is 19.4. The highest BCUT2D eigenvalue weighted by Crippen LogP contribution is 2.26. The van der Waals surface area contributed by atoms with Crippen LogP contribution in [0.15, 0.2) is 18.2 Å². The molecular weight excluding hydrogens is 283 g/mol. The molecule has 1 aromatic carbocycles. The smallest absolute Gasteiger partial charge is 0.407 e. The van der Waals surface area contributed by atoms with Crippen molar-refractivity contribution < 1.29 is 13.9 Å². The molecule has 0 bridgehead atoms. The molecule has 1 aliphatic rings. The lowest BCUT2D eigenvalue weighted by atomic mass is 9.93. The second-order valence-electron chi connectivity index (χ2n) is 6.90. The van der Waals surface area contributed by atoms with Crippen LogP contribution in [0.25, 0.3) is 0 Å². The number of nitrogens with one attached hydrogen (secondary N) is 2. The number of hydrogen-bond acceptors (Lipinski definition) is 3. The molecule has 1 amide bonds. The number of amides is 1. The summed E-state index contributed by atoms with van der Waals surface area (Å²) in [5, 5.41) is 6.20. The number of benzene rings is 1. The van der Waals surface area contributed by atoms with E-state index in [0.29, 0.717) is 12.0 Å². The number of halogens is 1. The Kier molecular flexibility index (Phi) is 5.06. The van der Waals surface area contributed by atoms with Crippen molar-refractivity contribution in [1.82, 2.24) is 10.6 Å². The summed E-state index contributed by atoms with van der Waals surface area (Å²) in [4.78, 5) is 11.9. The van der Waals surface area contributed by atoms with Gasteiger partial charge in [-0.2, -0.15) is 0 Å². The van der Waals surface area contributed by atoms with Gasteiger partial charge in [0, 0.05) is 17.6 Å². The summed E-state index contributed by atoms with van der Waals surface area (Å²) in [6, 6.07) is 5.17. The lowest BCUT2D eigenvalue weighted by molar-refractivity contribution is 0.0490. The molecule has 1 saturated heterocycles. The zero-order valence-electron chi connectivity index (χ0n) is 13.7. The summed E-state index contributed by atoms with van der Waals surface area (Å²) in [6.45, 7) is 8.10. The van der Waals surface area contributed by atoms with Crippen molar-refractivity contribution >= 4 is 6.09 Å². The van der Waals surface area contributed by atoms with Crippen LogP contribution in [0.4, 0.5) is 9.18 Å². The highest BCUT2D eigenvalue weighted by molar-refractivity contribution is 5.68. The minimum absolute atomic E-state index is 0.0122. The molecule has 1 heterocycles. The van der Waals surface area contributed by atoms with Gasteiger partial charge in [-0.25, -0.2) is 9.18 Å². The van der Waals surface area contributed by atoms with Gasteiger partial charge in [-0.15, -0.1) is 0 Å². The first-order valence-corrected chi connectivity index (χ1v) is 7.73. The number of aryl methyl sites for hydroxylation is 1. The zero-order valence-corrected chi connectivity index (χ0v) is 13.7. The first-order valence-electron chi connectivity index (χ1n) is 7.73. The van der Waals surface area contributed by atoms with E-state index in [2.05, 4.69) is 10.6 Å². The van der Waals surface area contributed by atoms with E-state index in [0.717, 1.165) is 18.5 Å². The van der Waals surface area contributed by atoms with E-state index in [1.54, 1.807) is 6.07 Å². The van der Waals surface area contributed by atoms with Gasteiger partial charge >= 0.3 is 6.09 Å². The molecule has 0 aliphatic carbocycles. The van der Waals surface area contributed by atoms with E-state index >= 15 is 0 Å². The predicted octanol–water partition coefficient (Wildman–Crippen LogP) is 3.45. The lowest BCUT2D eigenvalue weighted by Crippen LogP contribution is -2.45. The van der Waals surface area contributed by atoms with Crippen LogP contribution in [0.3, 0.4) is 0 Å². The highest BCUT2D eigenvalue weighted by Gasteiger charge is 2.27. The largest absolute Gasteiger partial charge is 0.444 e. The zero-order chi connectivity index (χ0) is 16.3. The van der Waals surface area contributed by atoms with Gasteiger partial charge in [0.25, 0.3) is 0 Å². The van der Waals surface area contributed by atoms with E-state index in [9.17, 15) is 9.18 Å². The summed E-state index contributed by atoms with van der Waals surface area (Å²) in [5.74, 6) is -0.199. The first-order chi connectivity index (χ1) is 10.2. The van der Waals surface area contributed by atoms with Crippen molar-refractivity contribution in [2.24, 2.45) is 0 Å². The molecule has 0 saturated carbocycles. The normalized spacial score (nSPS) is 22.2. The van der Waals surface area contributed by atoms with Crippen molar-refractivity contribution in [3.8, 4) is 0 Å². The number of ether oxygens (including phenoxy) is 1. The summed E-state index contributed by atoms with van der Waals surface area (Å²) in [7, 11) is 0. The van der Waals surface area contributed by atoms with Crippen LogP contribution >= 0.6 is 0 Å². The van der Waals surface area contributed by atoms with Crippen molar-refractivity contribution in [1.29, 1.82) is 0 Å². The number of carbonyl (C=O) groups excluding carboxylic acids is 1. The maximum atomic E-state index is 14.1. The topological polar surface area (TPSA) is 50.4 Å². The lowest BCUT2D eigenvalue weighted by Gasteiger charge is -2.32. The molecule has 5 heteroatoms. The van der Waals surface area contributed by atoms with Gasteiger partial charge in [-0.05, 0) is 58.7 Å². The summed E-state index contributed by atoms with van der Waals surface area (Å²) in [5.41, 5.74) is 1.04. The van der Waals surface area contributed by atoms with E-state index in [-0.39, 0.29) is 17.9 Å². The summed E-state index contributed by atoms with van der Waals surface area (Å²) in [6.07, 6.45) is 1.05. The number of rotatable bonds is 2. The Balaban J connectivity index is 1.98. The molecule has 0 spiro atoms. The molecule has 1 aliphatic heterocycles. The number of carbonyl (C=O) groups is 1. The van der Waals surface area contributed by atoms with Gasteiger partial charge in [-0.1, -0.05) is 12.1 Å². The third-order valence-corrected chi connectivity index (χ3v) is 3.66. The SMILES string of the molecule is Cc1ccc(C2CC(NC(=O)OC(C)(C)C)CCN2)c(F)c1. The van der Waals surface area contributed by atoms with Crippen LogP contribution in [0.2, 0.25) is 0 Å². The van der Waals surface area contributed by atoms with Crippen LogP contribution in [0, 0.1) is 12.7 Å². The maximum absolute atomic E-state index is 14.1. The van der Waals surface area contributed by atoms with Gasteiger partial charge in [0.15, 0.2) is 0 Å². The van der Waals surface area contributed by atoms with Crippen LogP contribution in [0.5, 0.6) is 0 Å². The molecule has 2 unspecified atom stereocenters. The molecule has 2 N–H and O–H groups in total. The Morgan fingerprint density at radius 2 is 2.14 bits per heavy atom. The Labute approximate surface area is 131 Å². The Bertz CT molecular complexity index is 540. The van der Waals surface area contributed by atoms with Crippen molar-refractivity contribution in [3.05, 3.63) is 35.1 Å². The third kappa shape index (κ3) is 4.70. The van der Waals surface area contributed by atoms with E-state index in [4.69, 9.17) is 4.74 Å². The van der Waals surface area contributed by atoms with Crippen LogP contribution in [-0.4, -0.2) is 24.3 Å². The van der Waals surface area contributed by atoms with Crippen LogP contribution in [0.1, 0.15) is 50.8 Å². The van der Waals surface area contributed by atoms with Crippen molar-refractivity contribution in [2.75, 3.05) is 6.54 Å². The van der Waals surface area contributed by atoms with Gasteiger partial charge in [0.1, 0.15) is 11.4 Å². The van der Waals surface area contributed by atoms with Gasteiger partial charge in [0.05, 0.1) is 0 Å². The van der Waals surface area contributed by atoms with Crippen molar-refractivity contribution in [2.45, 2.75) is 58.2 Å². The monoisotopic (exact) mass is 308 g/mol. The Hall–Kier alpha value is -1.62. The van der Waals surface area contributed by atoms with E-state index < -0.39 is 11.7 Å². The van der Waals surface area contributed by atoms with Gasteiger partial charge in [-0.3, -0.25) is 0 Å². The molecular formula is C17H25FN2O2. The molecule has 0 aromatic heterocycles. The molecule has 0 radical (unpaired) electrons. The highest BCUT2D eigenvalue weighted by atomic mass is 19.1. The number of alkyl carbamates (subject to hydrolysis) is 1. The molecule has 22 heavy (non-hydrogen) atoms. The second-order valence-corrected chi connectivity index (χ2v) is 6.90. The average Bonchev–Trinajstić information content (AvgIpc) is 2.36. The third-order valence-electron chi connectivity index (χ3n) is 3.66. The molecule has 2 atom stereocenters. The fourth-order valence-electron chi connectivity index (χ4n) is 2.67. The Morgan fingerprint density at radius 3 is 2.77 bits per heavy atom. The van der Waals surface area contributed by atoms with Gasteiger partial charge < -0.3 is 15.4 Å². The van der Waals surface area contributed by atoms with E-state index in [1.807, 2.05) is 39.8 Å². The molecule has 122 valence electrons. The number of hydrogen-bond donors (Lipinski definition) is 2. The standard InChI is InChI=1S/C17H25FN2O2/c1-11-5-6-13(14(18)9-11)15-10-12(7-8-19-15)20-16(21)22-17(2,3)4/h5-6,9,12,15,19H,7-8,10H2,1-4H3,(H,20,21). The molecule has 2 rings (SSSR count). The fourth-order valence-corrected chi connectivity index (χ4v) is 2.67. The average molecular weight is 308 g/mol. The predicted molar refractivity (Wildman–Crippen MR) is 84.3 cm³/mol. The maximum Gasteiger partial charge on any atom is 0.407 e. The quantitative estimate of drug-likeness (QED) is 0.880. The van der Waals surface area contributed by atoms with E-state index in [1.165, 1.54) is 0 Å². The Morgan fingerprint density at radius 1 is 1.41 bits per heavy atom. The van der Waals surface area contributed by atoms with Crippen LogP contribution < -0.4 is 10.6 Å². The number of piperidine rings is 1. The minimum Gasteiger partial charge on any atom is -0.444 e. The second kappa shape index (κ2) is 6.65. The van der Waals surface area contributed by atoms with Crippen molar-refractivity contribution in [3.63, 3.8) is 0 Å². The molecule has 1 fully saturated rings. The summed E-state index contributed by atoms with van der Waals surface area (Å²) >= 11 is 0. The fraction of sp³-hybridized carbons (Fsp3) is 0.588. The minimum atomic E-state index is -0.514. The molecule has 1 aromatic rings. The van der Waals surface area contributed by atoms with Crippen LogP contribution in [-0.2, 0) is 4.74 Å². The van der Waals surface area contributed by atoms with Gasteiger partial charge in [0.2, 0.25) is 0 Å². The molecule has 4 nitrogen and oxygen atoms in total.